The number of amides is 2. The second kappa shape index (κ2) is 13.8. The summed E-state index contributed by atoms with van der Waals surface area (Å²) in [7, 11) is 1.63. The first kappa shape index (κ1) is 26.6. The maximum absolute atomic E-state index is 12.6. The third kappa shape index (κ3) is 7.73. The van der Waals surface area contributed by atoms with Gasteiger partial charge in [-0.05, 0) is 55.5 Å². The molecule has 2 aromatic rings. The number of nitrogens with zero attached hydrogens (tertiary/aromatic N) is 2. The van der Waals surface area contributed by atoms with Crippen molar-refractivity contribution in [2.75, 3.05) is 38.1 Å². The fourth-order valence-corrected chi connectivity index (χ4v) is 3.83. The van der Waals surface area contributed by atoms with Crippen LogP contribution in [0.1, 0.15) is 41.3 Å². The SMILES string of the molecule is CCNC(=NCCCC(=O)N1CCc2ccccc21)NCCc1cccc(C(=O)NC)c1.I. The number of para-hydroxylation sites is 1. The largest absolute Gasteiger partial charge is 0.357 e. The van der Waals surface area contributed by atoms with Crippen LogP contribution in [-0.4, -0.2) is 51.0 Å². The van der Waals surface area contributed by atoms with Crippen molar-refractivity contribution in [1.29, 1.82) is 0 Å². The third-order valence-electron chi connectivity index (χ3n) is 5.47. The molecule has 178 valence electrons. The van der Waals surface area contributed by atoms with E-state index in [1.165, 1.54) is 5.56 Å². The molecule has 2 amide bonds. The molecule has 0 spiro atoms. The summed E-state index contributed by atoms with van der Waals surface area (Å²) in [4.78, 5) is 30.9. The molecule has 7 nitrogen and oxygen atoms in total. The summed E-state index contributed by atoms with van der Waals surface area (Å²) in [5.41, 5.74) is 4.05. The molecular weight excluding hydrogens is 529 g/mol. The summed E-state index contributed by atoms with van der Waals surface area (Å²) in [5, 5.41) is 9.22. The van der Waals surface area contributed by atoms with E-state index in [1.54, 1.807) is 7.05 Å². The van der Waals surface area contributed by atoms with Crippen LogP contribution in [0.2, 0.25) is 0 Å². The zero-order valence-corrected chi connectivity index (χ0v) is 21.7. The summed E-state index contributed by atoms with van der Waals surface area (Å²) < 4.78 is 0. The highest BCUT2D eigenvalue weighted by molar-refractivity contribution is 14.0. The molecule has 1 heterocycles. The van der Waals surface area contributed by atoms with E-state index in [4.69, 9.17) is 0 Å². The molecular formula is C25H34IN5O2. The Labute approximate surface area is 213 Å². The van der Waals surface area contributed by atoms with Crippen molar-refractivity contribution in [2.24, 2.45) is 4.99 Å². The Morgan fingerprint density at radius 1 is 1.09 bits per heavy atom. The smallest absolute Gasteiger partial charge is 0.251 e. The van der Waals surface area contributed by atoms with Crippen molar-refractivity contribution in [3.8, 4) is 0 Å². The number of nitrogens with one attached hydrogen (secondary N) is 3. The summed E-state index contributed by atoms with van der Waals surface area (Å²) in [6.07, 6.45) is 2.91. The van der Waals surface area contributed by atoms with Gasteiger partial charge in [-0.1, -0.05) is 30.3 Å². The van der Waals surface area contributed by atoms with Gasteiger partial charge < -0.3 is 20.9 Å². The first-order valence-corrected chi connectivity index (χ1v) is 11.3. The van der Waals surface area contributed by atoms with Crippen molar-refractivity contribution < 1.29 is 9.59 Å². The lowest BCUT2D eigenvalue weighted by molar-refractivity contribution is -0.118. The van der Waals surface area contributed by atoms with Crippen LogP contribution in [0.3, 0.4) is 0 Å². The molecule has 3 rings (SSSR count). The zero-order chi connectivity index (χ0) is 22.8. The van der Waals surface area contributed by atoms with Gasteiger partial charge in [0.1, 0.15) is 0 Å². The lowest BCUT2D eigenvalue weighted by Gasteiger charge is -2.17. The second-order valence-corrected chi connectivity index (χ2v) is 7.74. The number of rotatable bonds is 9. The summed E-state index contributed by atoms with van der Waals surface area (Å²) in [6, 6.07) is 15.8. The van der Waals surface area contributed by atoms with Crippen LogP contribution in [0.25, 0.3) is 0 Å². The van der Waals surface area contributed by atoms with Crippen LogP contribution in [0.15, 0.2) is 53.5 Å². The minimum absolute atomic E-state index is 0. The van der Waals surface area contributed by atoms with Gasteiger partial charge in [0, 0.05) is 50.9 Å². The maximum Gasteiger partial charge on any atom is 0.251 e. The molecule has 0 saturated heterocycles. The topological polar surface area (TPSA) is 85.8 Å². The molecule has 0 saturated carbocycles. The number of hydrogen-bond donors (Lipinski definition) is 3. The van der Waals surface area contributed by atoms with E-state index >= 15 is 0 Å². The van der Waals surface area contributed by atoms with Crippen LogP contribution in [-0.2, 0) is 17.6 Å². The van der Waals surface area contributed by atoms with Crippen molar-refractivity contribution in [1.82, 2.24) is 16.0 Å². The molecule has 0 fully saturated rings. The van der Waals surface area contributed by atoms with Crippen molar-refractivity contribution in [2.45, 2.75) is 32.6 Å². The van der Waals surface area contributed by atoms with Crippen LogP contribution in [0.4, 0.5) is 5.69 Å². The van der Waals surface area contributed by atoms with Gasteiger partial charge in [-0.2, -0.15) is 0 Å². The Hall–Kier alpha value is -2.62. The van der Waals surface area contributed by atoms with Gasteiger partial charge in [0.05, 0.1) is 0 Å². The lowest BCUT2D eigenvalue weighted by Crippen LogP contribution is -2.38. The molecule has 0 unspecified atom stereocenters. The van der Waals surface area contributed by atoms with E-state index in [2.05, 4.69) is 27.0 Å². The average Bonchev–Trinajstić information content (AvgIpc) is 3.25. The van der Waals surface area contributed by atoms with Crippen molar-refractivity contribution >= 4 is 47.4 Å². The molecule has 3 N–H and O–H groups in total. The van der Waals surface area contributed by atoms with E-state index in [0.717, 1.165) is 43.1 Å². The van der Waals surface area contributed by atoms with Gasteiger partial charge in [-0.15, -0.1) is 24.0 Å². The Kier molecular flexibility index (Phi) is 11.2. The van der Waals surface area contributed by atoms with Crippen molar-refractivity contribution in [3.05, 3.63) is 65.2 Å². The molecule has 0 radical (unpaired) electrons. The van der Waals surface area contributed by atoms with Crippen LogP contribution >= 0.6 is 24.0 Å². The first-order valence-electron chi connectivity index (χ1n) is 11.3. The molecule has 1 aliphatic rings. The Morgan fingerprint density at radius 2 is 1.91 bits per heavy atom. The molecule has 0 bridgehead atoms. The number of halogens is 1. The quantitative estimate of drug-likeness (QED) is 0.190. The summed E-state index contributed by atoms with van der Waals surface area (Å²) >= 11 is 0. The monoisotopic (exact) mass is 563 g/mol. The molecule has 0 aliphatic carbocycles. The molecule has 1 aliphatic heterocycles. The van der Waals surface area contributed by atoms with E-state index in [0.29, 0.717) is 31.5 Å². The number of fused-ring (bicyclic) bond motifs is 1. The standard InChI is InChI=1S/C25H33N5O2.HI/c1-3-27-25(29-16-13-19-8-6-10-21(18-19)24(32)26-2)28-15-7-12-23(31)30-17-14-20-9-4-5-11-22(20)30;/h4-6,8-11,18H,3,7,12-17H2,1-2H3,(H,26,32)(H2,27,28,29);1H. The number of guanidine groups is 1. The fourth-order valence-electron chi connectivity index (χ4n) is 3.83. The maximum atomic E-state index is 12.6. The minimum atomic E-state index is -0.0818. The predicted octanol–water partition coefficient (Wildman–Crippen LogP) is 3.13. The van der Waals surface area contributed by atoms with Gasteiger partial charge >= 0.3 is 0 Å². The van der Waals surface area contributed by atoms with E-state index in [-0.39, 0.29) is 35.8 Å². The van der Waals surface area contributed by atoms with Crippen LogP contribution in [0, 0.1) is 0 Å². The highest BCUT2D eigenvalue weighted by Crippen LogP contribution is 2.28. The fraction of sp³-hybridized carbons (Fsp3) is 0.400. The van der Waals surface area contributed by atoms with Gasteiger partial charge in [0.25, 0.3) is 5.91 Å². The van der Waals surface area contributed by atoms with E-state index < -0.39 is 0 Å². The van der Waals surface area contributed by atoms with Gasteiger partial charge in [-0.3, -0.25) is 14.6 Å². The number of benzene rings is 2. The van der Waals surface area contributed by atoms with Gasteiger partial charge in [0.2, 0.25) is 5.91 Å². The number of anilines is 1. The molecule has 33 heavy (non-hydrogen) atoms. The highest BCUT2D eigenvalue weighted by Gasteiger charge is 2.23. The van der Waals surface area contributed by atoms with Gasteiger partial charge in [-0.25, -0.2) is 0 Å². The van der Waals surface area contributed by atoms with E-state index in [1.807, 2.05) is 54.3 Å². The minimum Gasteiger partial charge on any atom is -0.357 e. The Bertz CT molecular complexity index is 963. The van der Waals surface area contributed by atoms with Gasteiger partial charge in [0.15, 0.2) is 5.96 Å². The second-order valence-electron chi connectivity index (χ2n) is 7.74. The highest BCUT2D eigenvalue weighted by atomic mass is 127. The van der Waals surface area contributed by atoms with Crippen LogP contribution in [0.5, 0.6) is 0 Å². The van der Waals surface area contributed by atoms with E-state index in [9.17, 15) is 9.59 Å². The van der Waals surface area contributed by atoms with Crippen LogP contribution < -0.4 is 20.9 Å². The number of carbonyl (C=O) groups excluding carboxylic acids is 2. The van der Waals surface area contributed by atoms with Crippen molar-refractivity contribution in [3.63, 3.8) is 0 Å². The number of hydrogen-bond acceptors (Lipinski definition) is 3. The Balaban J connectivity index is 0.00000385. The molecule has 8 heteroatoms. The zero-order valence-electron chi connectivity index (χ0n) is 19.4. The number of carbonyl (C=O) groups is 2. The molecule has 2 aromatic carbocycles. The lowest BCUT2D eigenvalue weighted by atomic mass is 10.1. The predicted molar refractivity (Wildman–Crippen MR) is 145 cm³/mol. The summed E-state index contributed by atoms with van der Waals surface area (Å²) in [6.45, 7) is 4.85. The average molecular weight is 563 g/mol. The Morgan fingerprint density at radius 3 is 2.70 bits per heavy atom. The molecule has 0 atom stereocenters. The first-order chi connectivity index (χ1) is 15.6. The number of aliphatic imine (C=N–C) groups is 1. The summed E-state index contributed by atoms with van der Waals surface area (Å²) in [5.74, 6) is 0.828. The normalized spacial score (nSPS) is 12.5. The molecule has 0 aromatic heterocycles. The third-order valence-corrected chi connectivity index (χ3v) is 5.47.